The molecule has 2 aromatic carbocycles. The van der Waals surface area contributed by atoms with Crippen molar-refractivity contribution in [3.8, 4) is 5.75 Å². The Kier molecular flexibility index (Phi) is 4.50. The van der Waals surface area contributed by atoms with Crippen LogP contribution in [0, 0.1) is 5.82 Å². The third kappa shape index (κ3) is 4.24. The highest BCUT2D eigenvalue weighted by Gasteiger charge is 1.97. The predicted molar refractivity (Wildman–Crippen MR) is 75.4 cm³/mol. The van der Waals surface area contributed by atoms with E-state index < -0.39 is 5.91 Å². The van der Waals surface area contributed by atoms with Gasteiger partial charge in [0.15, 0.2) is 0 Å². The van der Waals surface area contributed by atoms with Crippen molar-refractivity contribution in [2.45, 2.75) is 6.61 Å². The van der Waals surface area contributed by atoms with Crippen LogP contribution in [0.2, 0.25) is 0 Å². The van der Waals surface area contributed by atoms with E-state index in [0.29, 0.717) is 12.4 Å². The van der Waals surface area contributed by atoms with Crippen LogP contribution in [0.5, 0.6) is 5.75 Å². The summed E-state index contributed by atoms with van der Waals surface area (Å²) in [5.41, 5.74) is 6.77. The van der Waals surface area contributed by atoms with Crippen molar-refractivity contribution in [3.63, 3.8) is 0 Å². The lowest BCUT2D eigenvalue weighted by molar-refractivity contribution is -0.113. The Hall–Kier alpha value is -2.62. The van der Waals surface area contributed by atoms with Gasteiger partial charge in [-0.2, -0.15) is 0 Å². The molecule has 0 aliphatic heterocycles. The monoisotopic (exact) mass is 271 g/mol. The number of rotatable bonds is 5. The number of primary amides is 1. The summed E-state index contributed by atoms with van der Waals surface area (Å²) in [6.07, 6.45) is 2.93. The zero-order valence-corrected chi connectivity index (χ0v) is 10.8. The number of hydrogen-bond acceptors (Lipinski definition) is 2. The standard InChI is InChI=1S/C16H14FNO2/c17-14-6-1-13(2-7-14)11-20-15-8-3-12(4-9-15)5-10-16(18)19/h1-10H,11H2,(H2,18,19)/b10-5+. The topological polar surface area (TPSA) is 52.3 Å². The molecule has 0 atom stereocenters. The average molecular weight is 271 g/mol. The maximum absolute atomic E-state index is 12.7. The van der Waals surface area contributed by atoms with Crippen LogP contribution in [0.15, 0.2) is 54.6 Å². The number of halogens is 1. The van der Waals surface area contributed by atoms with Gasteiger partial charge in [-0.3, -0.25) is 4.79 Å². The molecule has 4 heteroatoms. The van der Waals surface area contributed by atoms with Gasteiger partial charge in [0.25, 0.3) is 0 Å². The van der Waals surface area contributed by atoms with Gasteiger partial charge in [-0.1, -0.05) is 24.3 Å². The summed E-state index contributed by atoms with van der Waals surface area (Å²) in [5.74, 6) is -0.0495. The molecular formula is C16H14FNO2. The maximum Gasteiger partial charge on any atom is 0.241 e. The third-order valence-corrected chi connectivity index (χ3v) is 2.64. The number of ether oxygens (including phenoxy) is 1. The van der Waals surface area contributed by atoms with Gasteiger partial charge in [-0.25, -0.2) is 4.39 Å². The number of carbonyl (C=O) groups excluding carboxylic acids is 1. The van der Waals surface area contributed by atoms with Crippen molar-refractivity contribution in [1.82, 2.24) is 0 Å². The normalized spacial score (nSPS) is 10.7. The second kappa shape index (κ2) is 6.52. The molecule has 0 saturated heterocycles. The van der Waals surface area contributed by atoms with E-state index in [1.54, 1.807) is 30.3 Å². The smallest absolute Gasteiger partial charge is 0.241 e. The molecule has 0 fully saturated rings. The Morgan fingerprint density at radius 2 is 1.75 bits per heavy atom. The van der Waals surface area contributed by atoms with Gasteiger partial charge in [-0.05, 0) is 41.5 Å². The van der Waals surface area contributed by atoms with Crippen LogP contribution < -0.4 is 10.5 Å². The van der Waals surface area contributed by atoms with Gasteiger partial charge >= 0.3 is 0 Å². The van der Waals surface area contributed by atoms with E-state index in [1.807, 2.05) is 12.1 Å². The number of benzene rings is 2. The quantitative estimate of drug-likeness (QED) is 0.850. The zero-order valence-electron chi connectivity index (χ0n) is 10.8. The first-order chi connectivity index (χ1) is 9.63. The van der Waals surface area contributed by atoms with E-state index in [-0.39, 0.29) is 5.82 Å². The Morgan fingerprint density at radius 3 is 2.35 bits per heavy atom. The van der Waals surface area contributed by atoms with Crippen LogP contribution in [0.1, 0.15) is 11.1 Å². The molecule has 2 N–H and O–H groups in total. The molecule has 0 radical (unpaired) electrons. The van der Waals surface area contributed by atoms with Gasteiger partial charge in [0.1, 0.15) is 18.2 Å². The fourth-order valence-electron chi connectivity index (χ4n) is 1.60. The Morgan fingerprint density at radius 1 is 1.10 bits per heavy atom. The molecule has 0 heterocycles. The van der Waals surface area contributed by atoms with Crippen molar-refractivity contribution < 1.29 is 13.9 Å². The molecule has 20 heavy (non-hydrogen) atoms. The average Bonchev–Trinajstić information content (AvgIpc) is 2.45. The molecular weight excluding hydrogens is 257 g/mol. The van der Waals surface area contributed by atoms with Crippen molar-refractivity contribution in [2.24, 2.45) is 5.73 Å². The fraction of sp³-hybridized carbons (Fsp3) is 0.0625. The summed E-state index contributed by atoms with van der Waals surface area (Å²) >= 11 is 0. The van der Waals surface area contributed by atoms with Crippen molar-refractivity contribution >= 4 is 12.0 Å². The van der Waals surface area contributed by atoms with Gasteiger partial charge in [0, 0.05) is 6.08 Å². The molecule has 2 aromatic rings. The summed E-state index contributed by atoms with van der Waals surface area (Å²) in [7, 11) is 0. The summed E-state index contributed by atoms with van der Waals surface area (Å²) in [5, 5.41) is 0. The molecule has 0 bridgehead atoms. The van der Waals surface area contributed by atoms with Gasteiger partial charge in [0.05, 0.1) is 0 Å². The second-order valence-electron chi connectivity index (χ2n) is 4.22. The molecule has 0 spiro atoms. The first-order valence-corrected chi connectivity index (χ1v) is 6.08. The molecule has 1 amide bonds. The fourth-order valence-corrected chi connectivity index (χ4v) is 1.60. The molecule has 102 valence electrons. The van der Waals surface area contributed by atoms with Gasteiger partial charge < -0.3 is 10.5 Å². The van der Waals surface area contributed by atoms with E-state index in [0.717, 1.165) is 11.1 Å². The minimum absolute atomic E-state index is 0.264. The Bertz CT molecular complexity index is 603. The first kappa shape index (κ1) is 13.8. The minimum Gasteiger partial charge on any atom is -0.489 e. The van der Waals surface area contributed by atoms with E-state index >= 15 is 0 Å². The zero-order chi connectivity index (χ0) is 14.4. The molecule has 0 aliphatic rings. The van der Waals surface area contributed by atoms with Gasteiger partial charge in [0.2, 0.25) is 5.91 Å². The number of carbonyl (C=O) groups is 1. The van der Waals surface area contributed by atoms with Gasteiger partial charge in [-0.15, -0.1) is 0 Å². The number of nitrogens with two attached hydrogens (primary N) is 1. The lowest BCUT2D eigenvalue weighted by Crippen LogP contribution is -2.05. The maximum atomic E-state index is 12.7. The lowest BCUT2D eigenvalue weighted by Gasteiger charge is -2.06. The van der Waals surface area contributed by atoms with Crippen LogP contribution in [-0.2, 0) is 11.4 Å². The molecule has 0 aromatic heterocycles. The van der Waals surface area contributed by atoms with E-state index in [1.165, 1.54) is 18.2 Å². The molecule has 0 saturated carbocycles. The summed E-state index contributed by atoms with van der Waals surface area (Å²) in [4.78, 5) is 10.6. The minimum atomic E-state index is -0.485. The molecule has 0 aliphatic carbocycles. The van der Waals surface area contributed by atoms with Crippen molar-refractivity contribution in [2.75, 3.05) is 0 Å². The van der Waals surface area contributed by atoms with Crippen molar-refractivity contribution in [1.29, 1.82) is 0 Å². The van der Waals surface area contributed by atoms with Crippen LogP contribution in [0.25, 0.3) is 6.08 Å². The molecule has 0 unspecified atom stereocenters. The SMILES string of the molecule is NC(=O)/C=C/c1ccc(OCc2ccc(F)cc2)cc1. The first-order valence-electron chi connectivity index (χ1n) is 6.08. The number of amides is 1. The van der Waals surface area contributed by atoms with Crippen LogP contribution >= 0.6 is 0 Å². The van der Waals surface area contributed by atoms with E-state index in [2.05, 4.69) is 0 Å². The third-order valence-electron chi connectivity index (χ3n) is 2.64. The second-order valence-corrected chi connectivity index (χ2v) is 4.22. The van der Waals surface area contributed by atoms with E-state index in [4.69, 9.17) is 10.5 Å². The molecule has 2 rings (SSSR count). The summed E-state index contributed by atoms with van der Waals surface area (Å²) < 4.78 is 18.3. The highest BCUT2D eigenvalue weighted by atomic mass is 19.1. The van der Waals surface area contributed by atoms with Crippen molar-refractivity contribution in [3.05, 3.63) is 71.6 Å². The Balaban J connectivity index is 1.93. The highest BCUT2D eigenvalue weighted by Crippen LogP contribution is 2.15. The Labute approximate surface area is 116 Å². The highest BCUT2D eigenvalue weighted by molar-refractivity contribution is 5.90. The van der Waals surface area contributed by atoms with Crippen LogP contribution in [0.3, 0.4) is 0 Å². The van der Waals surface area contributed by atoms with E-state index in [9.17, 15) is 9.18 Å². The lowest BCUT2D eigenvalue weighted by atomic mass is 10.2. The predicted octanol–water partition coefficient (Wildman–Crippen LogP) is 2.90. The van der Waals surface area contributed by atoms with Crippen LogP contribution in [-0.4, -0.2) is 5.91 Å². The molecule has 3 nitrogen and oxygen atoms in total. The number of hydrogen-bond donors (Lipinski definition) is 1. The summed E-state index contributed by atoms with van der Waals surface area (Å²) in [6, 6.07) is 13.4. The van der Waals surface area contributed by atoms with Crippen LogP contribution in [0.4, 0.5) is 4.39 Å². The summed E-state index contributed by atoms with van der Waals surface area (Å²) in [6.45, 7) is 0.372. The largest absolute Gasteiger partial charge is 0.489 e.